The van der Waals surface area contributed by atoms with Crippen molar-refractivity contribution in [1.82, 2.24) is 15.1 Å². The molecular weight excluding hydrogens is 404 g/mol. The first-order valence-corrected chi connectivity index (χ1v) is 9.53. The van der Waals surface area contributed by atoms with Crippen LogP contribution in [0.2, 0.25) is 0 Å². The maximum atomic E-state index is 12.9. The van der Waals surface area contributed by atoms with Crippen molar-refractivity contribution in [2.24, 2.45) is 5.73 Å². The molecule has 0 unspecified atom stereocenters. The lowest BCUT2D eigenvalue weighted by atomic mass is 10.1. The monoisotopic (exact) mass is 430 g/mol. The van der Waals surface area contributed by atoms with E-state index in [-0.39, 0.29) is 18.3 Å². The Hall–Kier alpha value is -3.03. The fourth-order valence-electron chi connectivity index (χ4n) is 3.02. The van der Waals surface area contributed by atoms with Gasteiger partial charge in [-0.05, 0) is 49.7 Å². The van der Waals surface area contributed by atoms with E-state index in [2.05, 4.69) is 10.4 Å². The third-order valence-corrected chi connectivity index (χ3v) is 4.55. The Bertz CT molecular complexity index is 960. The van der Waals surface area contributed by atoms with Crippen LogP contribution < -0.4 is 20.5 Å². The van der Waals surface area contributed by atoms with Crippen LogP contribution in [0.1, 0.15) is 23.2 Å². The van der Waals surface area contributed by atoms with Crippen molar-refractivity contribution in [3.8, 4) is 28.4 Å². The molecule has 0 aliphatic heterocycles. The lowest BCUT2D eigenvalue weighted by Gasteiger charge is -2.09. The summed E-state index contributed by atoms with van der Waals surface area (Å²) in [7, 11) is 3.16. The van der Waals surface area contributed by atoms with Gasteiger partial charge in [-0.3, -0.25) is 4.79 Å². The Labute approximate surface area is 182 Å². The summed E-state index contributed by atoms with van der Waals surface area (Å²) in [5.74, 6) is 1.02. The normalized spacial score (nSPS) is 10.2. The lowest BCUT2D eigenvalue weighted by molar-refractivity contribution is 0.0953. The van der Waals surface area contributed by atoms with Crippen molar-refractivity contribution in [3.05, 3.63) is 60.3 Å². The van der Waals surface area contributed by atoms with E-state index in [4.69, 9.17) is 15.2 Å². The molecule has 3 aromatic rings. The van der Waals surface area contributed by atoms with Crippen LogP contribution in [0.4, 0.5) is 0 Å². The van der Waals surface area contributed by atoms with Crippen molar-refractivity contribution in [3.63, 3.8) is 0 Å². The van der Waals surface area contributed by atoms with Gasteiger partial charge in [-0.15, -0.1) is 12.4 Å². The van der Waals surface area contributed by atoms with Crippen LogP contribution in [-0.2, 0) is 0 Å². The summed E-state index contributed by atoms with van der Waals surface area (Å²) in [5, 5.41) is 7.64. The Kier molecular flexibility index (Phi) is 8.70. The summed E-state index contributed by atoms with van der Waals surface area (Å²) in [5.41, 5.74) is 8.24. The number of amides is 1. The number of nitrogens with zero attached hydrogens (tertiary/aromatic N) is 2. The molecule has 1 amide bonds. The predicted octanol–water partition coefficient (Wildman–Crippen LogP) is 3.45. The molecule has 0 aliphatic carbocycles. The Morgan fingerprint density at radius 2 is 1.80 bits per heavy atom. The van der Waals surface area contributed by atoms with E-state index in [1.165, 1.54) is 0 Å². The van der Waals surface area contributed by atoms with Gasteiger partial charge in [0.1, 0.15) is 5.69 Å². The number of methoxy groups -OCH3 is 2. The Balaban J connectivity index is 0.00000320. The molecule has 2 aromatic carbocycles. The first kappa shape index (κ1) is 23.3. The van der Waals surface area contributed by atoms with E-state index in [1.807, 2.05) is 42.5 Å². The summed E-state index contributed by atoms with van der Waals surface area (Å²) in [6.07, 6.45) is 3.45. The van der Waals surface area contributed by atoms with E-state index in [0.29, 0.717) is 35.8 Å². The molecule has 160 valence electrons. The molecule has 0 atom stereocenters. The van der Waals surface area contributed by atoms with Crippen molar-refractivity contribution in [2.45, 2.75) is 12.8 Å². The molecule has 0 saturated heterocycles. The van der Waals surface area contributed by atoms with Crippen molar-refractivity contribution in [1.29, 1.82) is 0 Å². The quantitative estimate of drug-likeness (QED) is 0.507. The van der Waals surface area contributed by atoms with Crippen LogP contribution in [0.15, 0.2) is 54.7 Å². The van der Waals surface area contributed by atoms with Crippen molar-refractivity contribution >= 4 is 18.3 Å². The van der Waals surface area contributed by atoms with E-state index in [1.54, 1.807) is 31.2 Å². The number of carbonyl (C=O) groups excluding carboxylic acids is 1. The minimum absolute atomic E-state index is 0. The van der Waals surface area contributed by atoms with E-state index >= 15 is 0 Å². The molecule has 3 rings (SSSR count). The Morgan fingerprint density at radius 1 is 1.07 bits per heavy atom. The summed E-state index contributed by atoms with van der Waals surface area (Å²) >= 11 is 0. The number of unbranched alkanes of at least 4 members (excludes halogenated alkanes) is 1. The highest BCUT2D eigenvalue weighted by Crippen LogP contribution is 2.33. The van der Waals surface area contributed by atoms with E-state index in [0.717, 1.165) is 24.1 Å². The molecule has 7 nitrogen and oxygen atoms in total. The van der Waals surface area contributed by atoms with Gasteiger partial charge in [0.25, 0.3) is 5.91 Å². The smallest absolute Gasteiger partial charge is 0.255 e. The van der Waals surface area contributed by atoms with Gasteiger partial charge in [0.05, 0.1) is 25.5 Å². The van der Waals surface area contributed by atoms with E-state index in [9.17, 15) is 4.79 Å². The number of halogens is 1. The van der Waals surface area contributed by atoms with Crippen LogP contribution in [-0.4, -0.2) is 43.0 Å². The standard InChI is InChI=1S/C22H26N4O3.ClH/c1-28-19-11-10-16(14-20(19)29-2)21-18(22(27)24-13-7-6-12-23)15-26(25-21)17-8-4-3-5-9-17;/h3-5,8-11,14-15H,6-7,12-13,23H2,1-2H3,(H,24,27);1H. The lowest BCUT2D eigenvalue weighted by Crippen LogP contribution is -2.25. The maximum Gasteiger partial charge on any atom is 0.255 e. The second-order valence-electron chi connectivity index (χ2n) is 6.49. The minimum Gasteiger partial charge on any atom is -0.493 e. The highest BCUT2D eigenvalue weighted by atomic mass is 35.5. The number of carbonyl (C=O) groups is 1. The molecule has 0 aliphatic rings. The summed E-state index contributed by atoms with van der Waals surface area (Å²) in [6.45, 7) is 1.18. The molecule has 8 heteroatoms. The number of benzene rings is 2. The van der Waals surface area contributed by atoms with Gasteiger partial charge in [-0.25, -0.2) is 4.68 Å². The zero-order chi connectivity index (χ0) is 20.6. The van der Waals surface area contributed by atoms with Crippen molar-refractivity contribution in [2.75, 3.05) is 27.3 Å². The summed E-state index contributed by atoms with van der Waals surface area (Å²) in [6, 6.07) is 15.2. The molecule has 0 saturated carbocycles. The third kappa shape index (κ3) is 5.31. The Morgan fingerprint density at radius 3 is 2.47 bits per heavy atom. The zero-order valence-corrected chi connectivity index (χ0v) is 17.9. The van der Waals surface area contributed by atoms with Gasteiger partial charge in [-0.2, -0.15) is 5.10 Å². The molecule has 0 fully saturated rings. The topological polar surface area (TPSA) is 91.4 Å². The fraction of sp³-hybridized carbons (Fsp3) is 0.273. The molecule has 0 spiro atoms. The molecule has 3 N–H and O–H groups in total. The van der Waals surface area contributed by atoms with Crippen LogP contribution in [0, 0.1) is 0 Å². The second kappa shape index (κ2) is 11.2. The predicted molar refractivity (Wildman–Crippen MR) is 120 cm³/mol. The molecule has 0 radical (unpaired) electrons. The number of aromatic nitrogens is 2. The minimum atomic E-state index is -0.172. The molecule has 1 aromatic heterocycles. The summed E-state index contributed by atoms with van der Waals surface area (Å²) < 4.78 is 12.4. The van der Waals surface area contributed by atoms with Crippen LogP contribution in [0.5, 0.6) is 11.5 Å². The molecular formula is C22H27ClN4O3. The zero-order valence-electron chi connectivity index (χ0n) is 17.1. The SMILES string of the molecule is COc1ccc(-c2nn(-c3ccccc3)cc2C(=O)NCCCCN)cc1OC.Cl. The fourth-order valence-corrected chi connectivity index (χ4v) is 3.02. The van der Waals surface area contributed by atoms with Crippen LogP contribution in [0.25, 0.3) is 16.9 Å². The number of nitrogens with two attached hydrogens (primary N) is 1. The average Bonchev–Trinajstić information content (AvgIpc) is 3.22. The first-order chi connectivity index (χ1) is 14.2. The number of para-hydroxylation sites is 1. The van der Waals surface area contributed by atoms with E-state index < -0.39 is 0 Å². The van der Waals surface area contributed by atoms with Gasteiger partial charge in [-0.1, -0.05) is 18.2 Å². The maximum absolute atomic E-state index is 12.9. The van der Waals surface area contributed by atoms with Gasteiger partial charge in [0.15, 0.2) is 11.5 Å². The van der Waals surface area contributed by atoms with Gasteiger partial charge < -0.3 is 20.5 Å². The van der Waals surface area contributed by atoms with Gasteiger partial charge >= 0.3 is 0 Å². The third-order valence-electron chi connectivity index (χ3n) is 4.55. The number of hydrogen-bond donors (Lipinski definition) is 2. The highest BCUT2D eigenvalue weighted by Gasteiger charge is 2.19. The number of rotatable bonds is 9. The number of nitrogens with one attached hydrogen (secondary N) is 1. The number of hydrogen-bond acceptors (Lipinski definition) is 5. The second-order valence-corrected chi connectivity index (χ2v) is 6.49. The van der Waals surface area contributed by atoms with Gasteiger partial charge in [0.2, 0.25) is 0 Å². The molecule has 1 heterocycles. The highest BCUT2D eigenvalue weighted by molar-refractivity contribution is 6.00. The average molecular weight is 431 g/mol. The summed E-state index contributed by atoms with van der Waals surface area (Å²) in [4.78, 5) is 12.9. The number of ether oxygens (including phenoxy) is 2. The first-order valence-electron chi connectivity index (χ1n) is 9.53. The van der Waals surface area contributed by atoms with Crippen molar-refractivity contribution < 1.29 is 14.3 Å². The molecule has 0 bridgehead atoms. The largest absolute Gasteiger partial charge is 0.493 e. The van der Waals surface area contributed by atoms with Crippen LogP contribution in [0.3, 0.4) is 0 Å². The van der Waals surface area contributed by atoms with Crippen LogP contribution >= 0.6 is 12.4 Å². The van der Waals surface area contributed by atoms with Gasteiger partial charge in [0, 0.05) is 18.3 Å². The molecule has 30 heavy (non-hydrogen) atoms.